The van der Waals surface area contributed by atoms with Crippen molar-refractivity contribution in [1.29, 1.82) is 0 Å². The summed E-state index contributed by atoms with van der Waals surface area (Å²) in [6, 6.07) is 3.59. The van der Waals surface area contributed by atoms with Gasteiger partial charge in [-0.15, -0.1) is 0 Å². The van der Waals surface area contributed by atoms with Crippen LogP contribution in [0.15, 0.2) is 18.3 Å². The highest BCUT2D eigenvalue weighted by molar-refractivity contribution is 7.91. The Morgan fingerprint density at radius 3 is 2.78 bits per heavy atom. The van der Waals surface area contributed by atoms with E-state index in [1.54, 1.807) is 19.2 Å². The molecule has 0 aliphatic heterocycles. The molecule has 0 saturated carbocycles. The third-order valence-electron chi connectivity index (χ3n) is 2.28. The molecule has 0 aromatic carbocycles. The second-order valence-corrected chi connectivity index (χ2v) is 6.65. The fourth-order valence-electron chi connectivity index (χ4n) is 1.34. The first-order valence-corrected chi connectivity index (χ1v) is 7.82. The van der Waals surface area contributed by atoms with E-state index in [0.29, 0.717) is 18.1 Å². The quantitative estimate of drug-likeness (QED) is 0.818. The van der Waals surface area contributed by atoms with Crippen molar-refractivity contribution in [3.63, 3.8) is 0 Å². The van der Waals surface area contributed by atoms with Crippen molar-refractivity contribution >= 4 is 15.7 Å². The highest BCUT2D eigenvalue weighted by Crippen LogP contribution is 2.21. The molecule has 0 aliphatic rings. The predicted octanol–water partition coefficient (Wildman–Crippen LogP) is 1.72. The van der Waals surface area contributed by atoms with Gasteiger partial charge in [0.15, 0.2) is 21.4 Å². The van der Waals surface area contributed by atoms with Crippen LogP contribution in [0.25, 0.3) is 0 Å². The molecule has 0 amide bonds. The number of ether oxygens (including phenoxy) is 1. The topological polar surface area (TPSA) is 68.3 Å². The van der Waals surface area contributed by atoms with Crippen molar-refractivity contribution in [2.45, 2.75) is 26.9 Å². The molecule has 1 N–H and O–H groups in total. The van der Waals surface area contributed by atoms with Crippen LogP contribution in [-0.2, 0) is 9.84 Å². The number of rotatable bonds is 7. The summed E-state index contributed by atoms with van der Waals surface area (Å²) in [5.41, 5.74) is 0. The first-order chi connectivity index (χ1) is 8.44. The third-order valence-corrected chi connectivity index (χ3v) is 3.98. The van der Waals surface area contributed by atoms with Crippen molar-refractivity contribution < 1.29 is 13.2 Å². The number of anilines is 1. The first-order valence-electron chi connectivity index (χ1n) is 6.00. The maximum Gasteiger partial charge on any atom is 0.168 e. The lowest BCUT2D eigenvalue weighted by Crippen LogP contribution is -2.18. The normalized spacial score (nSPS) is 11.6. The largest absolute Gasteiger partial charge is 0.487 e. The van der Waals surface area contributed by atoms with Gasteiger partial charge in [0.05, 0.1) is 11.9 Å². The summed E-state index contributed by atoms with van der Waals surface area (Å²) >= 11 is 0. The molecule has 0 bridgehead atoms. The lowest BCUT2D eigenvalue weighted by Gasteiger charge is -2.14. The highest BCUT2D eigenvalue weighted by Gasteiger charge is 2.09. The van der Waals surface area contributed by atoms with Gasteiger partial charge in [-0.2, -0.15) is 0 Å². The molecular weight excluding hydrogens is 252 g/mol. The van der Waals surface area contributed by atoms with E-state index in [4.69, 9.17) is 4.74 Å². The van der Waals surface area contributed by atoms with Gasteiger partial charge in [-0.1, -0.05) is 6.92 Å². The molecular formula is C12H20N2O3S. The zero-order chi connectivity index (χ0) is 13.6. The molecule has 0 radical (unpaired) electrons. The molecule has 0 fully saturated rings. The number of hydrogen-bond acceptors (Lipinski definition) is 5. The fourth-order valence-corrected chi connectivity index (χ4v) is 2.04. The number of sulfone groups is 1. The van der Waals surface area contributed by atoms with Gasteiger partial charge in [0, 0.05) is 18.5 Å². The minimum absolute atomic E-state index is 0.0501. The van der Waals surface area contributed by atoms with E-state index in [2.05, 4.69) is 10.3 Å². The van der Waals surface area contributed by atoms with Gasteiger partial charge in [0.25, 0.3) is 0 Å². The molecule has 5 nitrogen and oxygen atoms in total. The monoisotopic (exact) mass is 272 g/mol. The minimum atomic E-state index is -2.96. The lowest BCUT2D eigenvalue weighted by atomic mass is 10.4. The molecule has 0 saturated heterocycles. The van der Waals surface area contributed by atoms with Crippen LogP contribution in [0.5, 0.6) is 5.75 Å². The average molecular weight is 272 g/mol. The van der Waals surface area contributed by atoms with Gasteiger partial charge in [0.2, 0.25) is 0 Å². The van der Waals surface area contributed by atoms with E-state index in [1.165, 1.54) is 0 Å². The number of nitrogens with zero attached hydrogens (tertiary/aromatic N) is 1. The Kier molecular flexibility index (Phi) is 5.40. The molecule has 102 valence electrons. The van der Waals surface area contributed by atoms with Crippen molar-refractivity contribution in [1.82, 2.24) is 4.98 Å². The van der Waals surface area contributed by atoms with Gasteiger partial charge < -0.3 is 10.1 Å². The molecule has 1 aromatic heterocycles. The number of pyridine rings is 1. The van der Waals surface area contributed by atoms with E-state index in [9.17, 15) is 8.42 Å². The zero-order valence-electron chi connectivity index (χ0n) is 11.0. The van der Waals surface area contributed by atoms with Crippen molar-refractivity contribution in [2.24, 2.45) is 0 Å². The third kappa shape index (κ3) is 4.91. The summed E-state index contributed by atoms with van der Waals surface area (Å²) in [5.74, 6) is 1.48. The fraction of sp³-hybridized carbons (Fsp3) is 0.583. The van der Waals surface area contributed by atoms with Crippen LogP contribution < -0.4 is 10.1 Å². The van der Waals surface area contributed by atoms with Crippen LogP contribution in [0.2, 0.25) is 0 Å². The van der Waals surface area contributed by atoms with Crippen LogP contribution in [0.3, 0.4) is 0 Å². The number of aromatic nitrogens is 1. The summed E-state index contributed by atoms with van der Waals surface area (Å²) < 4.78 is 28.3. The van der Waals surface area contributed by atoms with E-state index >= 15 is 0 Å². The molecule has 0 aliphatic carbocycles. The van der Waals surface area contributed by atoms with Crippen molar-refractivity contribution in [3.05, 3.63) is 18.3 Å². The van der Waals surface area contributed by atoms with Gasteiger partial charge in [-0.3, -0.25) is 0 Å². The Morgan fingerprint density at radius 2 is 2.17 bits per heavy atom. The van der Waals surface area contributed by atoms with Crippen LogP contribution in [0, 0.1) is 0 Å². The Morgan fingerprint density at radius 1 is 1.44 bits per heavy atom. The SMILES string of the molecule is CCS(=O)(=O)CCNc1ncccc1OC(C)C. The molecule has 1 aromatic rings. The Balaban J connectivity index is 2.62. The van der Waals surface area contributed by atoms with Gasteiger partial charge >= 0.3 is 0 Å². The van der Waals surface area contributed by atoms with Crippen molar-refractivity contribution in [2.75, 3.05) is 23.4 Å². The number of nitrogens with one attached hydrogen (secondary N) is 1. The second-order valence-electron chi connectivity index (χ2n) is 4.18. The molecule has 0 spiro atoms. The summed E-state index contributed by atoms with van der Waals surface area (Å²) in [5, 5.41) is 2.99. The van der Waals surface area contributed by atoms with E-state index < -0.39 is 9.84 Å². The van der Waals surface area contributed by atoms with E-state index in [-0.39, 0.29) is 17.6 Å². The number of hydrogen-bond donors (Lipinski definition) is 1. The average Bonchev–Trinajstić information content (AvgIpc) is 2.30. The van der Waals surface area contributed by atoms with Crippen LogP contribution in [-0.4, -0.2) is 37.6 Å². The van der Waals surface area contributed by atoms with Crippen molar-refractivity contribution in [3.8, 4) is 5.75 Å². The molecule has 1 rings (SSSR count). The Hall–Kier alpha value is -1.30. The van der Waals surface area contributed by atoms with E-state index in [1.807, 2.05) is 19.9 Å². The standard InChI is InChI=1S/C12H20N2O3S/c1-4-18(15,16)9-8-14-12-11(17-10(2)3)6-5-7-13-12/h5-7,10H,4,8-9H2,1-3H3,(H,13,14). The van der Waals surface area contributed by atoms with Crippen LogP contribution in [0.4, 0.5) is 5.82 Å². The van der Waals surface area contributed by atoms with Crippen LogP contribution in [0.1, 0.15) is 20.8 Å². The first kappa shape index (κ1) is 14.8. The summed E-state index contributed by atoms with van der Waals surface area (Å²) in [4.78, 5) is 4.15. The smallest absolute Gasteiger partial charge is 0.168 e. The highest BCUT2D eigenvalue weighted by atomic mass is 32.2. The van der Waals surface area contributed by atoms with Gasteiger partial charge in [-0.25, -0.2) is 13.4 Å². The molecule has 1 heterocycles. The van der Waals surface area contributed by atoms with E-state index in [0.717, 1.165) is 0 Å². The molecule has 18 heavy (non-hydrogen) atoms. The zero-order valence-corrected chi connectivity index (χ0v) is 11.8. The van der Waals surface area contributed by atoms with Crippen LogP contribution >= 0.6 is 0 Å². The van der Waals surface area contributed by atoms with Gasteiger partial charge in [-0.05, 0) is 26.0 Å². The Bertz CT molecular complexity index is 472. The minimum Gasteiger partial charge on any atom is -0.487 e. The maximum atomic E-state index is 11.4. The summed E-state index contributed by atoms with van der Waals surface area (Å²) in [6.45, 7) is 5.84. The second kappa shape index (κ2) is 6.58. The molecule has 0 atom stereocenters. The Labute approximate surface area is 108 Å². The molecule has 0 unspecified atom stereocenters. The predicted molar refractivity (Wildman–Crippen MR) is 72.8 cm³/mol. The summed E-state index contributed by atoms with van der Waals surface area (Å²) in [6.07, 6.45) is 1.69. The summed E-state index contributed by atoms with van der Waals surface area (Å²) in [7, 11) is -2.96. The lowest BCUT2D eigenvalue weighted by molar-refractivity contribution is 0.243. The van der Waals surface area contributed by atoms with Gasteiger partial charge in [0.1, 0.15) is 0 Å². The molecule has 6 heteroatoms. The maximum absolute atomic E-state index is 11.4.